The molecule has 1 N–H and O–H groups in total. The van der Waals surface area contributed by atoms with Gasteiger partial charge in [0.2, 0.25) is 0 Å². The van der Waals surface area contributed by atoms with Gasteiger partial charge in [0.1, 0.15) is 5.54 Å². The summed E-state index contributed by atoms with van der Waals surface area (Å²) in [7, 11) is 0. The van der Waals surface area contributed by atoms with Crippen LogP contribution in [-0.2, 0) is 19.1 Å². The Morgan fingerprint density at radius 1 is 1.13 bits per heavy atom. The van der Waals surface area contributed by atoms with Crippen molar-refractivity contribution in [2.45, 2.75) is 45.8 Å². The number of Topliss-reactive ketones (excluding diaryl/α,β-unsaturated/α-hetero) is 1. The van der Waals surface area contributed by atoms with E-state index in [0.717, 1.165) is 10.2 Å². The molecule has 0 fully saturated rings. The van der Waals surface area contributed by atoms with Crippen LogP contribution in [0.3, 0.4) is 0 Å². The molecule has 7 nitrogen and oxygen atoms in total. The summed E-state index contributed by atoms with van der Waals surface area (Å²) in [4.78, 5) is 46.3. The van der Waals surface area contributed by atoms with Crippen molar-refractivity contribution in [1.29, 1.82) is 0 Å². The molecule has 2 rings (SSSR count). The number of esters is 1. The van der Waals surface area contributed by atoms with E-state index >= 15 is 0 Å². The van der Waals surface area contributed by atoms with Crippen LogP contribution in [0.1, 0.15) is 44.5 Å². The number of hydrogen-bond donors (Lipinski definition) is 1. The number of carbonyl (C=O) groups excluding carboxylic acids is 4. The van der Waals surface area contributed by atoms with E-state index in [1.165, 1.54) is 6.20 Å². The molecular formula is C22H25BrN2O5. The molecule has 2 aromatic rings. The van der Waals surface area contributed by atoms with Crippen LogP contribution in [-0.4, -0.2) is 34.5 Å². The minimum absolute atomic E-state index is 0.0298. The minimum Gasteiger partial charge on any atom is -0.461 e. The molecule has 30 heavy (non-hydrogen) atoms. The molecule has 1 aromatic heterocycles. The van der Waals surface area contributed by atoms with Gasteiger partial charge in [0.15, 0.2) is 5.78 Å². The Morgan fingerprint density at radius 3 is 2.20 bits per heavy atom. The molecule has 0 spiro atoms. The van der Waals surface area contributed by atoms with Crippen molar-refractivity contribution in [3.63, 3.8) is 0 Å². The van der Waals surface area contributed by atoms with Crippen molar-refractivity contribution in [1.82, 2.24) is 4.98 Å². The Morgan fingerprint density at radius 2 is 1.73 bits per heavy atom. The highest BCUT2D eigenvalue weighted by atomic mass is 79.9. The smallest absolute Gasteiger partial charge is 0.373 e. The zero-order valence-corrected chi connectivity index (χ0v) is 18.9. The Hall–Kier alpha value is -2.83. The Labute approximate surface area is 184 Å². The van der Waals surface area contributed by atoms with Crippen molar-refractivity contribution in [3.05, 3.63) is 58.8 Å². The fourth-order valence-corrected chi connectivity index (χ4v) is 3.01. The van der Waals surface area contributed by atoms with Crippen molar-refractivity contribution < 1.29 is 23.9 Å². The lowest BCUT2D eigenvalue weighted by atomic mass is 9.80. The first-order valence-electron chi connectivity index (χ1n) is 9.33. The maximum Gasteiger partial charge on any atom is 0.373 e. The molecule has 0 aliphatic heterocycles. The molecule has 1 heterocycles. The predicted molar refractivity (Wildman–Crippen MR) is 115 cm³/mol. The molecule has 8 heteroatoms. The van der Waals surface area contributed by atoms with Crippen molar-refractivity contribution in [2.75, 3.05) is 5.32 Å². The predicted octanol–water partition coefficient (Wildman–Crippen LogP) is 4.29. The van der Waals surface area contributed by atoms with Crippen LogP contribution in [0.25, 0.3) is 0 Å². The zero-order valence-electron chi connectivity index (χ0n) is 17.3. The number of carbonyl (C=O) groups is 2. The minimum atomic E-state index is -1.19. The molecule has 0 radical (unpaired) electrons. The second-order valence-corrected chi connectivity index (χ2v) is 8.05. The molecule has 0 saturated carbocycles. The fourth-order valence-electron chi connectivity index (χ4n) is 2.74. The van der Waals surface area contributed by atoms with Gasteiger partial charge in [-0.3, -0.25) is 9.78 Å². The Balaban J connectivity index is 0.00000141. The SMILES string of the molecule is CC(C)OC(=O)C(CC(=O)c1cccnc1)(Nc1ccc(Br)cc1)C(C)C.O=C=O. The molecule has 1 atom stereocenters. The Kier molecular flexibility index (Phi) is 10.1. The van der Waals surface area contributed by atoms with Crippen molar-refractivity contribution >= 4 is 39.5 Å². The highest BCUT2D eigenvalue weighted by Gasteiger charge is 2.45. The van der Waals surface area contributed by atoms with Gasteiger partial charge in [-0.2, -0.15) is 9.59 Å². The second-order valence-electron chi connectivity index (χ2n) is 7.14. The molecule has 1 unspecified atom stereocenters. The molecule has 0 aliphatic carbocycles. The van der Waals surface area contributed by atoms with Gasteiger partial charge < -0.3 is 10.1 Å². The topological polar surface area (TPSA) is 102 Å². The molecule has 0 saturated heterocycles. The first kappa shape index (κ1) is 25.2. The standard InChI is InChI=1S/C21H25BrN2O3.CO2/c1-14(2)21(20(26)27-15(3)4,24-18-9-7-17(22)8-10-18)12-19(25)16-6-5-11-23-13-16;2-1-3/h5-11,13-15,24H,12H2,1-4H3;. The van der Waals surface area contributed by atoms with Gasteiger partial charge in [0.25, 0.3) is 0 Å². The van der Waals surface area contributed by atoms with Crippen LogP contribution in [0, 0.1) is 5.92 Å². The lowest BCUT2D eigenvalue weighted by molar-refractivity contribution is -0.191. The number of rotatable bonds is 8. The molecule has 0 bridgehead atoms. The van der Waals surface area contributed by atoms with E-state index in [-0.39, 0.29) is 30.4 Å². The van der Waals surface area contributed by atoms with Gasteiger partial charge in [-0.1, -0.05) is 29.8 Å². The van der Waals surface area contributed by atoms with Crippen LogP contribution >= 0.6 is 15.9 Å². The number of ether oxygens (including phenoxy) is 1. The van der Waals surface area contributed by atoms with Gasteiger partial charge in [-0.25, -0.2) is 4.79 Å². The summed E-state index contributed by atoms with van der Waals surface area (Å²) in [6.45, 7) is 7.41. The third-order valence-electron chi connectivity index (χ3n) is 4.33. The molecule has 0 amide bonds. The fraction of sp³-hybridized carbons (Fsp3) is 0.364. The molecular weight excluding hydrogens is 452 g/mol. The van der Waals surface area contributed by atoms with Gasteiger partial charge in [0.05, 0.1) is 6.10 Å². The highest BCUT2D eigenvalue weighted by molar-refractivity contribution is 9.10. The monoisotopic (exact) mass is 476 g/mol. The van der Waals surface area contributed by atoms with Crippen LogP contribution in [0.5, 0.6) is 0 Å². The maximum atomic E-state index is 13.1. The van der Waals surface area contributed by atoms with E-state index in [1.807, 2.05) is 38.1 Å². The second kappa shape index (κ2) is 12.0. The van der Waals surface area contributed by atoms with E-state index in [1.54, 1.807) is 32.2 Å². The molecule has 160 valence electrons. The Bertz CT molecular complexity index is 863. The van der Waals surface area contributed by atoms with E-state index in [4.69, 9.17) is 14.3 Å². The number of hydrogen-bond acceptors (Lipinski definition) is 7. The number of halogens is 1. The number of nitrogens with zero attached hydrogens (tertiary/aromatic N) is 1. The third-order valence-corrected chi connectivity index (χ3v) is 4.86. The van der Waals surface area contributed by atoms with Crippen LogP contribution in [0.2, 0.25) is 0 Å². The first-order valence-corrected chi connectivity index (χ1v) is 10.1. The lowest BCUT2D eigenvalue weighted by Crippen LogP contribution is -2.54. The number of pyridine rings is 1. The number of ketones is 1. The van der Waals surface area contributed by atoms with Gasteiger partial charge in [-0.05, 0) is 56.2 Å². The molecule has 0 aliphatic rings. The summed E-state index contributed by atoms with van der Waals surface area (Å²) < 4.78 is 6.46. The van der Waals surface area contributed by atoms with Crippen LogP contribution in [0.4, 0.5) is 5.69 Å². The van der Waals surface area contributed by atoms with E-state index < -0.39 is 11.5 Å². The van der Waals surface area contributed by atoms with E-state index in [9.17, 15) is 9.59 Å². The summed E-state index contributed by atoms with van der Waals surface area (Å²) in [5, 5.41) is 3.29. The average molecular weight is 477 g/mol. The molecule has 1 aromatic carbocycles. The summed E-state index contributed by atoms with van der Waals surface area (Å²) >= 11 is 3.41. The maximum absolute atomic E-state index is 13.1. The van der Waals surface area contributed by atoms with Gasteiger partial charge in [-0.15, -0.1) is 0 Å². The summed E-state index contributed by atoms with van der Waals surface area (Å²) in [6.07, 6.45) is 3.06. The van der Waals surface area contributed by atoms with Crippen LogP contribution in [0.15, 0.2) is 53.3 Å². The number of aromatic nitrogens is 1. The van der Waals surface area contributed by atoms with Gasteiger partial charge >= 0.3 is 12.1 Å². The summed E-state index contributed by atoms with van der Waals surface area (Å²) in [5.41, 5.74) is 0.0226. The summed E-state index contributed by atoms with van der Waals surface area (Å²) in [5.74, 6) is -0.789. The normalized spacial score (nSPS) is 12.2. The van der Waals surface area contributed by atoms with E-state index in [0.29, 0.717) is 5.56 Å². The largest absolute Gasteiger partial charge is 0.461 e. The van der Waals surface area contributed by atoms with Crippen molar-refractivity contribution in [3.8, 4) is 0 Å². The van der Waals surface area contributed by atoms with E-state index in [2.05, 4.69) is 26.2 Å². The van der Waals surface area contributed by atoms with Gasteiger partial charge in [0, 0.05) is 34.5 Å². The number of anilines is 1. The number of nitrogens with one attached hydrogen (secondary N) is 1. The van der Waals surface area contributed by atoms with Crippen molar-refractivity contribution in [2.24, 2.45) is 5.92 Å². The average Bonchev–Trinajstić information content (AvgIpc) is 2.69. The third kappa shape index (κ3) is 7.21. The quantitative estimate of drug-likeness (QED) is 0.447. The summed E-state index contributed by atoms with van der Waals surface area (Å²) in [6, 6.07) is 10.9. The zero-order chi connectivity index (χ0) is 22.7. The van der Waals surface area contributed by atoms with Crippen LogP contribution < -0.4 is 5.32 Å². The highest BCUT2D eigenvalue weighted by Crippen LogP contribution is 2.31. The number of benzene rings is 1. The first-order chi connectivity index (χ1) is 14.2. The lowest BCUT2D eigenvalue weighted by Gasteiger charge is -2.37.